The molecule has 0 radical (unpaired) electrons. The molecule has 7 heteroatoms. The van der Waals surface area contributed by atoms with Crippen molar-refractivity contribution < 1.29 is 8.42 Å². The lowest BCUT2D eigenvalue weighted by molar-refractivity contribution is 0.300. The number of anilines is 1. The highest BCUT2D eigenvalue weighted by atomic mass is 79.9. The van der Waals surface area contributed by atoms with Crippen molar-refractivity contribution in [2.24, 2.45) is 0 Å². The van der Waals surface area contributed by atoms with E-state index in [-0.39, 0.29) is 10.6 Å². The van der Waals surface area contributed by atoms with E-state index in [1.807, 2.05) is 0 Å². The van der Waals surface area contributed by atoms with E-state index in [1.165, 1.54) is 6.07 Å². The fourth-order valence-corrected chi connectivity index (χ4v) is 3.45. The van der Waals surface area contributed by atoms with Crippen LogP contribution in [0.3, 0.4) is 0 Å². The van der Waals surface area contributed by atoms with Gasteiger partial charge in [0.1, 0.15) is 4.90 Å². The van der Waals surface area contributed by atoms with Gasteiger partial charge in [0, 0.05) is 11.0 Å². The molecule has 0 aliphatic rings. The fraction of sp³-hybridized carbons (Fsp3) is 0.538. The zero-order valence-electron chi connectivity index (χ0n) is 11.9. The summed E-state index contributed by atoms with van der Waals surface area (Å²) < 4.78 is 27.6. The van der Waals surface area contributed by atoms with Gasteiger partial charge in [-0.2, -0.15) is 0 Å². The second-order valence-electron chi connectivity index (χ2n) is 4.46. The largest absolute Gasteiger partial charge is 0.398 e. The van der Waals surface area contributed by atoms with Gasteiger partial charge in [-0.25, -0.2) is 13.1 Å². The van der Waals surface area contributed by atoms with E-state index in [2.05, 4.69) is 39.4 Å². The molecule has 0 atom stereocenters. The minimum atomic E-state index is -3.53. The molecule has 3 N–H and O–H groups in total. The Labute approximate surface area is 129 Å². The standard InChI is InChI=1S/C13H22BrN3O2S/c1-3-17(4-2)9-5-8-16-20(18,19)13-7-6-11(14)10-12(13)15/h6-7,10,16H,3-5,8-9,15H2,1-2H3. The second-order valence-corrected chi connectivity index (χ2v) is 7.11. The van der Waals surface area contributed by atoms with Crippen molar-refractivity contribution in [2.75, 3.05) is 31.9 Å². The summed E-state index contributed by atoms with van der Waals surface area (Å²) in [6.45, 7) is 7.43. The molecule has 0 spiro atoms. The second kappa shape index (κ2) is 7.97. The first-order valence-electron chi connectivity index (χ1n) is 6.67. The number of nitrogens with two attached hydrogens (primary N) is 1. The molecule has 0 bridgehead atoms. The number of sulfonamides is 1. The Hall–Kier alpha value is -0.630. The molecule has 0 saturated carbocycles. The van der Waals surface area contributed by atoms with Crippen molar-refractivity contribution in [3.8, 4) is 0 Å². The summed E-state index contributed by atoms with van der Waals surface area (Å²) in [6, 6.07) is 4.76. The monoisotopic (exact) mass is 363 g/mol. The molecular formula is C13H22BrN3O2S. The minimum Gasteiger partial charge on any atom is -0.398 e. The van der Waals surface area contributed by atoms with Crippen LogP contribution in [0.5, 0.6) is 0 Å². The summed E-state index contributed by atoms with van der Waals surface area (Å²) in [5.74, 6) is 0. The minimum absolute atomic E-state index is 0.128. The van der Waals surface area contributed by atoms with Gasteiger partial charge >= 0.3 is 0 Å². The Morgan fingerprint density at radius 1 is 1.30 bits per heavy atom. The highest BCUT2D eigenvalue weighted by Crippen LogP contribution is 2.22. The molecule has 0 aromatic heterocycles. The van der Waals surface area contributed by atoms with Crippen LogP contribution in [0.4, 0.5) is 5.69 Å². The summed E-state index contributed by atoms with van der Waals surface area (Å²) in [4.78, 5) is 2.38. The van der Waals surface area contributed by atoms with Crippen molar-refractivity contribution >= 4 is 31.6 Å². The van der Waals surface area contributed by atoms with Crippen LogP contribution >= 0.6 is 15.9 Å². The van der Waals surface area contributed by atoms with E-state index in [9.17, 15) is 8.42 Å². The van der Waals surface area contributed by atoms with Gasteiger partial charge in [0.15, 0.2) is 0 Å². The van der Waals surface area contributed by atoms with Crippen LogP contribution in [0, 0.1) is 0 Å². The maximum Gasteiger partial charge on any atom is 0.242 e. The van der Waals surface area contributed by atoms with Crippen LogP contribution in [0.2, 0.25) is 0 Å². The maximum atomic E-state index is 12.1. The van der Waals surface area contributed by atoms with Crippen LogP contribution in [0.1, 0.15) is 20.3 Å². The van der Waals surface area contributed by atoms with Crippen molar-refractivity contribution in [3.05, 3.63) is 22.7 Å². The molecular weight excluding hydrogens is 342 g/mol. The average molecular weight is 364 g/mol. The highest BCUT2D eigenvalue weighted by molar-refractivity contribution is 9.10. The Balaban J connectivity index is 2.58. The lowest BCUT2D eigenvalue weighted by Crippen LogP contribution is -2.30. The molecule has 0 aliphatic carbocycles. The number of nitrogens with one attached hydrogen (secondary N) is 1. The zero-order chi connectivity index (χ0) is 15.2. The number of halogens is 1. The Morgan fingerprint density at radius 2 is 1.95 bits per heavy atom. The molecule has 5 nitrogen and oxygen atoms in total. The molecule has 0 aliphatic heterocycles. The summed E-state index contributed by atoms with van der Waals surface area (Å²) in [5, 5.41) is 0. The third kappa shape index (κ3) is 5.05. The molecule has 1 aromatic carbocycles. The topological polar surface area (TPSA) is 75.4 Å². The summed E-state index contributed by atoms with van der Waals surface area (Å²) in [6.07, 6.45) is 0.775. The summed E-state index contributed by atoms with van der Waals surface area (Å²) >= 11 is 3.26. The molecule has 0 heterocycles. The van der Waals surface area contributed by atoms with E-state index in [4.69, 9.17) is 5.73 Å². The maximum absolute atomic E-state index is 12.1. The van der Waals surface area contributed by atoms with E-state index in [1.54, 1.807) is 12.1 Å². The van der Waals surface area contributed by atoms with E-state index >= 15 is 0 Å². The number of hydrogen-bond donors (Lipinski definition) is 2. The molecule has 0 unspecified atom stereocenters. The number of benzene rings is 1. The smallest absolute Gasteiger partial charge is 0.242 e. The Kier molecular flexibility index (Phi) is 6.94. The number of rotatable bonds is 8. The molecule has 0 saturated heterocycles. The highest BCUT2D eigenvalue weighted by Gasteiger charge is 2.16. The van der Waals surface area contributed by atoms with E-state index in [0.717, 1.165) is 30.5 Å². The van der Waals surface area contributed by atoms with Crippen molar-refractivity contribution in [3.63, 3.8) is 0 Å². The molecule has 0 amide bonds. The fourth-order valence-electron chi connectivity index (χ4n) is 1.89. The lowest BCUT2D eigenvalue weighted by atomic mass is 10.3. The van der Waals surface area contributed by atoms with Crippen LogP contribution in [-0.2, 0) is 10.0 Å². The van der Waals surface area contributed by atoms with Gasteiger partial charge in [0.2, 0.25) is 10.0 Å². The molecule has 114 valence electrons. The first-order valence-corrected chi connectivity index (χ1v) is 8.95. The first kappa shape index (κ1) is 17.4. The normalized spacial score (nSPS) is 12.0. The Morgan fingerprint density at radius 3 is 2.50 bits per heavy atom. The third-order valence-electron chi connectivity index (χ3n) is 3.10. The van der Waals surface area contributed by atoms with Gasteiger partial charge < -0.3 is 10.6 Å². The van der Waals surface area contributed by atoms with Gasteiger partial charge in [-0.1, -0.05) is 29.8 Å². The lowest BCUT2D eigenvalue weighted by Gasteiger charge is -2.17. The predicted molar refractivity (Wildman–Crippen MR) is 86.1 cm³/mol. The molecule has 1 rings (SSSR count). The van der Waals surface area contributed by atoms with Gasteiger partial charge in [0.25, 0.3) is 0 Å². The Bertz CT molecular complexity index is 530. The third-order valence-corrected chi connectivity index (χ3v) is 5.13. The van der Waals surface area contributed by atoms with Gasteiger partial charge in [-0.15, -0.1) is 0 Å². The predicted octanol–water partition coefficient (Wildman–Crippen LogP) is 2.04. The SMILES string of the molecule is CCN(CC)CCCNS(=O)(=O)c1ccc(Br)cc1N. The average Bonchev–Trinajstić information content (AvgIpc) is 2.38. The quantitative estimate of drug-likeness (QED) is 0.547. The summed E-state index contributed by atoms with van der Waals surface area (Å²) in [5.41, 5.74) is 5.99. The molecule has 1 aromatic rings. The number of hydrogen-bond acceptors (Lipinski definition) is 4. The van der Waals surface area contributed by atoms with Crippen molar-refractivity contribution in [1.29, 1.82) is 0 Å². The van der Waals surface area contributed by atoms with Gasteiger partial charge in [-0.05, 0) is 44.3 Å². The first-order chi connectivity index (χ1) is 9.40. The van der Waals surface area contributed by atoms with Crippen molar-refractivity contribution in [1.82, 2.24) is 9.62 Å². The van der Waals surface area contributed by atoms with Crippen molar-refractivity contribution in [2.45, 2.75) is 25.2 Å². The molecule has 0 fully saturated rings. The summed E-state index contributed by atoms with van der Waals surface area (Å²) in [7, 11) is -3.53. The van der Waals surface area contributed by atoms with E-state index < -0.39 is 10.0 Å². The van der Waals surface area contributed by atoms with Gasteiger partial charge in [-0.3, -0.25) is 0 Å². The number of nitrogens with zero attached hydrogens (tertiary/aromatic N) is 1. The molecule has 20 heavy (non-hydrogen) atoms. The van der Waals surface area contributed by atoms with Crippen LogP contribution in [-0.4, -0.2) is 39.5 Å². The number of nitrogen functional groups attached to an aromatic ring is 1. The zero-order valence-corrected chi connectivity index (χ0v) is 14.3. The van der Waals surface area contributed by atoms with Gasteiger partial charge in [0.05, 0.1) is 5.69 Å². The van der Waals surface area contributed by atoms with Crippen LogP contribution in [0.25, 0.3) is 0 Å². The van der Waals surface area contributed by atoms with E-state index in [0.29, 0.717) is 6.54 Å². The van der Waals surface area contributed by atoms with Crippen LogP contribution < -0.4 is 10.5 Å². The van der Waals surface area contributed by atoms with Crippen LogP contribution in [0.15, 0.2) is 27.6 Å².